The van der Waals surface area contributed by atoms with Gasteiger partial charge >= 0.3 is 0 Å². The van der Waals surface area contributed by atoms with E-state index in [9.17, 15) is 18.4 Å². The predicted octanol–water partition coefficient (Wildman–Crippen LogP) is 3.40. The van der Waals surface area contributed by atoms with Crippen LogP contribution in [0.25, 0.3) is 27.7 Å². The van der Waals surface area contributed by atoms with Gasteiger partial charge in [0.1, 0.15) is 11.4 Å². The summed E-state index contributed by atoms with van der Waals surface area (Å²) >= 11 is 0. The van der Waals surface area contributed by atoms with Gasteiger partial charge in [-0.15, -0.1) is 0 Å². The molecule has 1 saturated carbocycles. The molecule has 2 amide bonds. The molecule has 1 fully saturated rings. The number of hydrogen-bond donors (Lipinski definition) is 3. The van der Waals surface area contributed by atoms with Crippen LogP contribution in [-0.4, -0.2) is 59.5 Å². The summed E-state index contributed by atoms with van der Waals surface area (Å²) in [4.78, 5) is 34.6. The van der Waals surface area contributed by atoms with E-state index in [1.807, 2.05) is 12.1 Å². The molecule has 2 bridgehead atoms. The standard InChI is InChI=1S/C29H29F2N5O3/c1-39-24-13-22(31)21(30)11-19(24)18-4-7-33-29-20(18)12-23(34-29)15-5-8-36(9-6-15)14-25(37)35-27-17-3-2-16(10-17)26(27)28(32)38/h2-5,7,11-13,16-17,26-27H,6,8-10,14H2,1H3,(H2,32,38)(H,33,34)(H,35,37)/t16-,17+,26+,27-/m1/s1. The number of H-pyrrole nitrogens is 1. The molecule has 4 atom stereocenters. The van der Waals surface area contributed by atoms with Crippen molar-refractivity contribution in [3.05, 3.63) is 66.0 Å². The number of hydrogen-bond acceptors (Lipinski definition) is 5. The van der Waals surface area contributed by atoms with E-state index in [-0.39, 0.29) is 47.9 Å². The lowest BCUT2D eigenvalue weighted by Crippen LogP contribution is -2.50. The SMILES string of the molecule is COc1cc(F)c(F)cc1-c1ccnc2[nH]c(C3=CCN(CC(=O)N[C@H]4[C@@H](C(N)=O)[C@@H]5C=C[C@H]4C5)CC3)cc12. The van der Waals surface area contributed by atoms with Gasteiger partial charge in [-0.05, 0) is 54.0 Å². The van der Waals surface area contributed by atoms with E-state index in [1.165, 1.54) is 7.11 Å². The topological polar surface area (TPSA) is 113 Å². The number of fused-ring (bicyclic) bond motifs is 3. The second kappa shape index (κ2) is 9.92. The Morgan fingerprint density at radius 1 is 1.18 bits per heavy atom. The number of nitrogens with zero attached hydrogens (tertiary/aromatic N) is 2. The molecular weight excluding hydrogens is 504 g/mol. The van der Waals surface area contributed by atoms with Gasteiger partial charge in [0.2, 0.25) is 11.8 Å². The van der Waals surface area contributed by atoms with Gasteiger partial charge in [0, 0.05) is 48.0 Å². The Bertz CT molecular complexity index is 1530. The molecule has 0 spiro atoms. The number of amides is 2. The van der Waals surface area contributed by atoms with Crippen molar-refractivity contribution in [2.75, 3.05) is 26.7 Å². The minimum Gasteiger partial charge on any atom is -0.496 e. The molecule has 2 aliphatic carbocycles. The summed E-state index contributed by atoms with van der Waals surface area (Å²) in [7, 11) is 1.42. The lowest BCUT2D eigenvalue weighted by Gasteiger charge is -2.29. The number of benzene rings is 1. The first-order chi connectivity index (χ1) is 18.8. The van der Waals surface area contributed by atoms with Crippen LogP contribution in [0.5, 0.6) is 5.75 Å². The molecule has 10 heteroatoms. The minimum atomic E-state index is -0.971. The normalized spacial score (nSPS) is 24.2. The van der Waals surface area contributed by atoms with Crippen LogP contribution in [0.4, 0.5) is 8.78 Å². The molecule has 0 unspecified atom stereocenters. The number of nitrogens with two attached hydrogens (primary N) is 1. The third-order valence-electron chi connectivity index (χ3n) is 8.19. The fourth-order valence-electron chi connectivity index (χ4n) is 6.28. The predicted molar refractivity (Wildman–Crippen MR) is 142 cm³/mol. The molecule has 0 radical (unpaired) electrons. The Morgan fingerprint density at radius 3 is 2.72 bits per heavy atom. The number of aromatic amines is 1. The maximum Gasteiger partial charge on any atom is 0.234 e. The molecule has 4 N–H and O–H groups in total. The third kappa shape index (κ3) is 4.58. The van der Waals surface area contributed by atoms with Crippen LogP contribution < -0.4 is 15.8 Å². The summed E-state index contributed by atoms with van der Waals surface area (Å²) in [5, 5.41) is 3.83. The summed E-state index contributed by atoms with van der Waals surface area (Å²) < 4.78 is 33.2. The second-order valence-corrected chi connectivity index (χ2v) is 10.5. The van der Waals surface area contributed by atoms with Crippen molar-refractivity contribution in [1.82, 2.24) is 20.2 Å². The highest BCUT2D eigenvalue weighted by Gasteiger charge is 2.48. The van der Waals surface area contributed by atoms with E-state index in [0.717, 1.165) is 35.2 Å². The van der Waals surface area contributed by atoms with Gasteiger partial charge in [-0.1, -0.05) is 18.2 Å². The number of methoxy groups -OCH3 is 1. The van der Waals surface area contributed by atoms with Crippen molar-refractivity contribution in [3.63, 3.8) is 0 Å². The fraction of sp³-hybridized carbons (Fsp3) is 0.345. The van der Waals surface area contributed by atoms with Crippen LogP contribution in [-0.2, 0) is 9.59 Å². The molecule has 6 rings (SSSR count). The number of carbonyl (C=O) groups excluding carboxylic acids is 2. The Labute approximate surface area is 223 Å². The van der Waals surface area contributed by atoms with Crippen molar-refractivity contribution in [3.8, 4) is 16.9 Å². The highest BCUT2D eigenvalue weighted by Crippen LogP contribution is 2.43. The molecule has 1 aliphatic heterocycles. The van der Waals surface area contributed by atoms with Gasteiger partial charge in [0.25, 0.3) is 0 Å². The van der Waals surface area contributed by atoms with Crippen molar-refractivity contribution in [2.24, 2.45) is 23.5 Å². The summed E-state index contributed by atoms with van der Waals surface area (Å²) in [6, 6.07) is 5.65. The quantitative estimate of drug-likeness (QED) is 0.403. The number of halogens is 2. The average Bonchev–Trinajstić information content (AvgIpc) is 3.65. The number of pyridine rings is 1. The number of ether oxygens (including phenoxy) is 1. The van der Waals surface area contributed by atoms with Gasteiger partial charge in [-0.3, -0.25) is 14.5 Å². The average molecular weight is 534 g/mol. The van der Waals surface area contributed by atoms with E-state index in [2.05, 4.69) is 32.3 Å². The molecule has 1 aromatic carbocycles. The van der Waals surface area contributed by atoms with E-state index in [4.69, 9.17) is 10.5 Å². The molecule has 0 saturated heterocycles. The van der Waals surface area contributed by atoms with Crippen molar-refractivity contribution < 1.29 is 23.1 Å². The van der Waals surface area contributed by atoms with E-state index < -0.39 is 11.6 Å². The van der Waals surface area contributed by atoms with E-state index >= 15 is 0 Å². The monoisotopic (exact) mass is 533 g/mol. The summed E-state index contributed by atoms with van der Waals surface area (Å²) in [5.41, 5.74) is 9.32. The zero-order valence-electron chi connectivity index (χ0n) is 21.4. The van der Waals surface area contributed by atoms with Crippen molar-refractivity contribution in [2.45, 2.75) is 18.9 Å². The molecule has 2 aromatic heterocycles. The smallest absolute Gasteiger partial charge is 0.234 e. The van der Waals surface area contributed by atoms with Crippen molar-refractivity contribution >= 4 is 28.4 Å². The Balaban J connectivity index is 1.16. The number of nitrogens with one attached hydrogen (secondary N) is 2. The van der Waals surface area contributed by atoms with Gasteiger partial charge < -0.3 is 20.8 Å². The largest absolute Gasteiger partial charge is 0.496 e. The molecule has 3 heterocycles. The van der Waals surface area contributed by atoms with Crippen LogP contribution in [0.3, 0.4) is 0 Å². The molecular formula is C29H29F2N5O3. The first-order valence-corrected chi connectivity index (χ1v) is 13.0. The van der Waals surface area contributed by atoms with Crippen LogP contribution in [0.15, 0.2) is 48.7 Å². The fourth-order valence-corrected chi connectivity index (χ4v) is 6.28. The molecule has 3 aliphatic rings. The van der Waals surface area contributed by atoms with Gasteiger partial charge in [0.05, 0.1) is 19.6 Å². The number of carbonyl (C=O) groups is 2. The Kier molecular flexibility index (Phi) is 6.42. The first-order valence-electron chi connectivity index (χ1n) is 13.0. The summed E-state index contributed by atoms with van der Waals surface area (Å²) in [6.07, 6.45) is 9.38. The van der Waals surface area contributed by atoms with E-state index in [0.29, 0.717) is 36.3 Å². The maximum absolute atomic E-state index is 14.1. The minimum absolute atomic E-state index is 0.107. The number of primary amides is 1. The van der Waals surface area contributed by atoms with Crippen LogP contribution >= 0.6 is 0 Å². The highest BCUT2D eigenvalue weighted by atomic mass is 19.2. The van der Waals surface area contributed by atoms with E-state index in [1.54, 1.807) is 12.3 Å². The van der Waals surface area contributed by atoms with Crippen LogP contribution in [0, 0.1) is 29.4 Å². The second-order valence-electron chi connectivity index (χ2n) is 10.5. The van der Waals surface area contributed by atoms with Gasteiger partial charge in [0.15, 0.2) is 11.6 Å². The Hall–Kier alpha value is -4.05. The third-order valence-corrected chi connectivity index (χ3v) is 8.19. The first kappa shape index (κ1) is 25.2. The molecule has 39 heavy (non-hydrogen) atoms. The maximum atomic E-state index is 14.1. The lowest BCUT2D eigenvalue weighted by atomic mass is 9.88. The lowest BCUT2D eigenvalue weighted by molar-refractivity contribution is -0.126. The van der Waals surface area contributed by atoms with Crippen LogP contribution in [0.2, 0.25) is 0 Å². The number of allylic oxidation sites excluding steroid dienone is 1. The summed E-state index contributed by atoms with van der Waals surface area (Å²) in [6.45, 7) is 1.51. The zero-order chi connectivity index (χ0) is 27.3. The zero-order valence-corrected chi connectivity index (χ0v) is 21.4. The van der Waals surface area contributed by atoms with Gasteiger partial charge in [-0.2, -0.15) is 0 Å². The molecule has 202 valence electrons. The highest BCUT2D eigenvalue weighted by molar-refractivity contribution is 5.96. The van der Waals surface area contributed by atoms with Gasteiger partial charge in [-0.25, -0.2) is 13.8 Å². The van der Waals surface area contributed by atoms with Crippen LogP contribution in [0.1, 0.15) is 18.5 Å². The molecule has 8 nitrogen and oxygen atoms in total. The number of aromatic nitrogens is 2. The Morgan fingerprint density at radius 2 is 1.97 bits per heavy atom. The molecule has 3 aromatic rings. The summed E-state index contributed by atoms with van der Waals surface area (Å²) in [5.74, 6) is -2.22. The van der Waals surface area contributed by atoms with Crippen molar-refractivity contribution in [1.29, 1.82) is 0 Å². The number of rotatable bonds is 7.